The van der Waals surface area contributed by atoms with Crippen LogP contribution in [0.2, 0.25) is 0 Å². The molecule has 0 radical (unpaired) electrons. The summed E-state index contributed by atoms with van der Waals surface area (Å²) in [6.45, 7) is 5.11. The third-order valence-corrected chi connectivity index (χ3v) is 3.69. The Morgan fingerprint density at radius 2 is 1.84 bits per heavy atom. The largest absolute Gasteiger partial charge is 0.427 e. The number of hydrogen-bond donors (Lipinski definition) is 1. The average molecular weight is 358 g/mol. The maximum atomic E-state index is 11.8. The number of rotatable bonds is 6. The lowest BCUT2D eigenvalue weighted by atomic mass is 10.2. The summed E-state index contributed by atoms with van der Waals surface area (Å²) in [5, 5.41) is 4.46. The average Bonchev–Trinajstić information content (AvgIpc) is 2.53. The number of ether oxygens (including phenoxy) is 1. The number of nitrogens with one attached hydrogen (secondary N) is 1. The quantitative estimate of drug-likeness (QED) is 0.213. The Morgan fingerprint density at radius 3 is 2.44 bits per heavy atom. The molecule has 25 heavy (non-hydrogen) atoms. The smallest absolute Gasteiger partial charge is 0.308 e. The predicted octanol–water partition coefficient (Wildman–Crippen LogP) is 2.26. The maximum Gasteiger partial charge on any atom is 0.308 e. The Kier molecular flexibility index (Phi) is 6.64. The lowest BCUT2D eigenvalue weighted by Gasteiger charge is -2.02. The van der Waals surface area contributed by atoms with Gasteiger partial charge in [0.1, 0.15) is 5.75 Å². The molecule has 130 valence electrons. The molecule has 2 aromatic rings. The lowest BCUT2D eigenvalue weighted by Crippen LogP contribution is -2.19. The number of thioether (sulfide) groups is 1. The number of nitrogens with zero attached hydrogens (tertiary/aromatic N) is 3. The summed E-state index contributed by atoms with van der Waals surface area (Å²) in [6.07, 6.45) is 1.51. The second-order valence-corrected chi connectivity index (χ2v) is 6.12. The van der Waals surface area contributed by atoms with Crippen LogP contribution in [0.15, 0.2) is 40.6 Å². The summed E-state index contributed by atoms with van der Waals surface area (Å²) in [4.78, 5) is 31.2. The van der Waals surface area contributed by atoms with E-state index in [4.69, 9.17) is 4.74 Å². The molecule has 0 aliphatic rings. The van der Waals surface area contributed by atoms with Gasteiger partial charge in [-0.1, -0.05) is 11.8 Å². The number of esters is 1. The van der Waals surface area contributed by atoms with Crippen molar-refractivity contribution in [2.75, 3.05) is 5.75 Å². The highest BCUT2D eigenvalue weighted by Crippen LogP contribution is 2.13. The van der Waals surface area contributed by atoms with Crippen LogP contribution in [0.3, 0.4) is 0 Å². The first-order valence-corrected chi connectivity index (χ1v) is 8.46. The van der Waals surface area contributed by atoms with Crippen molar-refractivity contribution in [3.05, 3.63) is 47.3 Å². The molecule has 1 aromatic carbocycles. The van der Waals surface area contributed by atoms with Crippen molar-refractivity contribution in [3.8, 4) is 5.75 Å². The number of benzene rings is 1. The number of aryl methyl sites for hydroxylation is 2. The molecule has 0 aliphatic carbocycles. The Balaban J connectivity index is 1.80. The molecule has 0 saturated heterocycles. The minimum Gasteiger partial charge on any atom is -0.427 e. The fourth-order valence-electron chi connectivity index (χ4n) is 1.89. The highest BCUT2D eigenvalue weighted by atomic mass is 32.2. The van der Waals surface area contributed by atoms with Crippen LogP contribution in [0.1, 0.15) is 23.9 Å². The highest BCUT2D eigenvalue weighted by Gasteiger charge is 2.05. The van der Waals surface area contributed by atoms with E-state index >= 15 is 0 Å². The number of carbonyl (C=O) groups excluding carboxylic acids is 2. The van der Waals surface area contributed by atoms with E-state index in [9.17, 15) is 9.59 Å². The van der Waals surface area contributed by atoms with Crippen molar-refractivity contribution in [1.82, 2.24) is 15.4 Å². The van der Waals surface area contributed by atoms with Gasteiger partial charge in [0.15, 0.2) is 5.16 Å². The van der Waals surface area contributed by atoms with Crippen LogP contribution in [0, 0.1) is 13.8 Å². The molecule has 0 spiro atoms. The van der Waals surface area contributed by atoms with Gasteiger partial charge in [-0.3, -0.25) is 9.59 Å². The van der Waals surface area contributed by atoms with Crippen LogP contribution < -0.4 is 10.2 Å². The fraction of sp³-hybridized carbons (Fsp3) is 0.235. The topological polar surface area (TPSA) is 93.5 Å². The highest BCUT2D eigenvalue weighted by molar-refractivity contribution is 7.99. The Bertz CT molecular complexity index is 771. The molecule has 0 saturated carbocycles. The zero-order chi connectivity index (χ0) is 18.2. The Labute approximate surface area is 149 Å². The van der Waals surface area contributed by atoms with E-state index < -0.39 is 0 Å². The van der Waals surface area contributed by atoms with E-state index in [2.05, 4.69) is 20.5 Å². The zero-order valence-corrected chi connectivity index (χ0v) is 15.0. The van der Waals surface area contributed by atoms with Gasteiger partial charge >= 0.3 is 5.97 Å². The normalized spacial score (nSPS) is 10.7. The molecule has 2 rings (SSSR count). The van der Waals surface area contributed by atoms with Crippen molar-refractivity contribution in [2.24, 2.45) is 5.10 Å². The summed E-state index contributed by atoms with van der Waals surface area (Å²) in [5.74, 6) is 0.00376. The Hall–Kier alpha value is -2.74. The maximum absolute atomic E-state index is 11.8. The number of aromatic nitrogens is 2. The lowest BCUT2D eigenvalue weighted by molar-refractivity contribution is -0.131. The third-order valence-electron chi connectivity index (χ3n) is 2.84. The molecule has 0 fully saturated rings. The molecule has 1 heterocycles. The summed E-state index contributed by atoms with van der Waals surface area (Å²) in [7, 11) is 0. The fourth-order valence-corrected chi connectivity index (χ4v) is 2.63. The Morgan fingerprint density at radius 1 is 1.20 bits per heavy atom. The first-order valence-electron chi connectivity index (χ1n) is 7.48. The second-order valence-electron chi connectivity index (χ2n) is 5.18. The van der Waals surface area contributed by atoms with Gasteiger partial charge in [-0.05, 0) is 49.7 Å². The predicted molar refractivity (Wildman–Crippen MR) is 95.7 cm³/mol. The van der Waals surface area contributed by atoms with Gasteiger partial charge in [0.25, 0.3) is 5.91 Å². The molecule has 1 N–H and O–H groups in total. The summed E-state index contributed by atoms with van der Waals surface area (Å²) < 4.78 is 4.93. The number of carbonyl (C=O) groups is 2. The SMILES string of the molecule is CC(=O)Oc1ccc(/C=N/NC(=O)CSc2nc(C)cc(C)n2)cc1. The van der Waals surface area contributed by atoms with Crippen molar-refractivity contribution in [2.45, 2.75) is 25.9 Å². The third kappa shape index (κ3) is 6.72. The van der Waals surface area contributed by atoms with Gasteiger partial charge in [-0.15, -0.1) is 0 Å². The first-order chi connectivity index (χ1) is 11.9. The van der Waals surface area contributed by atoms with E-state index in [0.29, 0.717) is 10.9 Å². The second kappa shape index (κ2) is 8.93. The molecule has 0 atom stereocenters. The minimum atomic E-state index is -0.376. The van der Waals surface area contributed by atoms with E-state index in [-0.39, 0.29) is 17.6 Å². The van der Waals surface area contributed by atoms with Crippen molar-refractivity contribution in [3.63, 3.8) is 0 Å². The minimum absolute atomic E-state index is 0.172. The zero-order valence-electron chi connectivity index (χ0n) is 14.1. The van der Waals surface area contributed by atoms with E-state index in [1.54, 1.807) is 24.3 Å². The molecule has 0 bridgehead atoms. The van der Waals surface area contributed by atoms with Crippen molar-refractivity contribution in [1.29, 1.82) is 0 Å². The molecule has 1 aromatic heterocycles. The standard InChI is InChI=1S/C17H18N4O3S/c1-11-8-12(2)20-17(19-11)25-10-16(23)21-18-9-14-4-6-15(7-5-14)24-13(3)22/h4-9H,10H2,1-3H3,(H,21,23)/b18-9+. The summed E-state index contributed by atoms with van der Waals surface area (Å²) >= 11 is 1.25. The van der Waals surface area contributed by atoms with Crippen LogP contribution >= 0.6 is 11.8 Å². The van der Waals surface area contributed by atoms with E-state index in [1.165, 1.54) is 24.9 Å². The van der Waals surface area contributed by atoms with Crippen LogP contribution in [-0.2, 0) is 9.59 Å². The number of hydrogen-bond acceptors (Lipinski definition) is 7. The van der Waals surface area contributed by atoms with Gasteiger partial charge in [0.2, 0.25) is 0 Å². The molecular weight excluding hydrogens is 340 g/mol. The number of hydrazone groups is 1. The number of amides is 1. The molecule has 8 heteroatoms. The van der Waals surface area contributed by atoms with E-state index in [1.807, 2.05) is 19.9 Å². The van der Waals surface area contributed by atoms with Crippen molar-refractivity contribution >= 4 is 29.9 Å². The molecule has 1 amide bonds. The van der Waals surface area contributed by atoms with Gasteiger partial charge in [-0.2, -0.15) is 5.10 Å². The van der Waals surface area contributed by atoms with Gasteiger partial charge < -0.3 is 4.74 Å². The van der Waals surface area contributed by atoms with Crippen LogP contribution in [0.5, 0.6) is 5.75 Å². The van der Waals surface area contributed by atoms with Crippen LogP contribution in [0.25, 0.3) is 0 Å². The first kappa shape index (κ1) is 18.6. The van der Waals surface area contributed by atoms with Gasteiger partial charge in [0, 0.05) is 18.3 Å². The summed E-state index contributed by atoms with van der Waals surface area (Å²) in [6, 6.07) is 8.63. The molecule has 7 nitrogen and oxygen atoms in total. The van der Waals surface area contributed by atoms with Crippen LogP contribution in [0.4, 0.5) is 0 Å². The van der Waals surface area contributed by atoms with Crippen molar-refractivity contribution < 1.29 is 14.3 Å². The molecular formula is C17H18N4O3S. The molecule has 0 aliphatic heterocycles. The van der Waals surface area contributed by atoms with Crippen LogP contribution in [-0.4, -0.2) is 33.8 Å². The van der Waals surface area contributed by atoms with Gasteiger partial charge in [0.05, 0.1) is 12.0 Å². The molecule has 0 unspecified atom stereocenters. The van der Waals surface area contributed by atoms with Gasteiger partial charge in [-0.25, -0.2) is 15.4 Å². The summed E-state index contributed by atoms with van der Waals surface area (Å²) in [5.41, 5.74) is 4.94. The van der Waals surface area contributed by atoms with E-state index in [0.717, 1.165) is 17.0 Å². The monoisotopic (exact) mass is 358 g/mol.